The first-order valence-corrected chi connectivity index (χ1v) is 9.52. The van der Waals surface area contributed by atoms with Crippen LogP contribution in [0.2, 0.25) is 0 Å². The number of hydrogen-bond donors (Lipinski definition) is 1. The monoisotopic (exact) mass is 306 g/mol. The first-order chi connectivity index (χ1) is 10.3. The molecule has 126 valence electrons. The normalized spacial score (nSPS) is 48.6. The van der Waals surface area contributed by atoms with Gasteiger partial charge in [-0.25, -0.2) is 0 Å². The highest BCUT2D eigenvalue weighted by Gasteiger charge is 2.59. The van der Waals surface area contributed by atoms with Crippen molar-refractivity contribution in [3.63, 3.8) is 0 Å². The number of aliphatic carboxylic acids is 1. The highest BCUT2D eigenvalue weighted by Crippen LogP contribution is 2.64. The second kappa shape index (κ2) is 5.53. The van der Waals surface area contributed by atoms with E-state index in [0.29, 0.717) is 5.92 Å². The molecule has 2 heteroatoms. The van der Waals surface area contributed by atoms with E-state index in [1.165, 1.54) is 32.1 Å². The van der Waals surface area contributed by atoms with Crippen molar-refractivity contribution in [1.29, 1.82) is 0 Å². The summed E-state index contributed by atoms with van der Waals surface area (Å²) in [6.45, 7) is 9.24. The summed E-state index contributed by atoms with van der Waals surface area (Å²) in [4.78, 5) is 12.0. The third-order valence-corrected chi connectivity index (χ3v) is 8.10. The van der Waals surface area contributed by atoms with E-state index in [2.05, 4.69) is 20.8 Å². The van der Waals surface area contributed by atoms with E-state index in [9.17, 15) is 9.90 Å². The van der Waals surface area contributed by atoms with Crippen molar-refractivity contribution in [2.75, 3.05) is 0 Å². The molecule has 0 radical (unpaired) electrons. The molecule has 0 bridgehead atoms. The van der Waals surface area contributed by atoms with E-state index in [4.69, 9.17) is 0 Å². The summed E-state index contributed by atoms with van der Waals surface area (Å²) in [5.74, 6) is 3.19. The van der Waals surface area contributed by atoms with Crippen LogP contribution < -0.4 is 0 Å². The number of carboxylic acid groups (broad SMARTS) is 1. The van der Waals surface area contributed by atoms with Gasteiger partial charge in [0, 0.05) is 0 Å². The molecule has 0 heterocycles. The predicted octanol–water partition coefficient (Wildman–Crippen LogP) is 5.37. The molecule has 1 N–H and O–H groups in total. The second-order valence-electron chi connectivity index (χ2n) is 9.40. The van der Waals surface area contributed by atoms with Crippen molar-refractivity contribution in [3.8, 4) is 0 Å². The maximum absolute atomic E-state index is 12.0. The molecule has 0 aliphatic heterocycles. The lowest BCUT2D eigenvalue weighted by molar-refractivity contribution is -0.173. The number of fused-ring (bicyclic) bond motifs is 3. The Balaban J connectivity index is 1.86. The van der Waals surface area contributed by atoms with Gasteiger partial charge >= 0.3 is 5.97 Å². The van der Waals surface area contributed by atoms with Crippen LogP contribution in [0.1, 0.15) is 79.1 Å². The number of rotatable bonds is 2. The molecule has 0 unspecified atom stereocenters. The molecule has 0 amide bonds. The van der Waals surface area contributed by atoms with E-state index in [0.717, 1.165) is 42.9 Å². The summed E-state index contributed by atoms with van der Waals surface area (Å²) in [6.07, 6.45) is 9.77. The Bertz CT molecular complexity index is 443. The Morgan fingerprint density at radius 3 is 2.45 bits per heavy atom. The van der Waals surface area contributed by atoms with Crippen molar-refractivity contribution in [1.82, 2.24) is 0 Å². The Labute approximate surface area is 136 Å². The van der Waals surface area contributed by atoms with Crippen LogP contribution in [0, 0.1) is 40.4 Å². The third-order valence-electron chi connectivity index (χ3n) is 8.10. The summed E-state index contributed by atoms with van der Waals surface area (Å²) in [6, 6.07) is 0. The fraction of sp³-hybridized carbons (Fsp3) is 0.950. The van der Waals surface area contributed by atoms with Crippen LogP contribution >= 0.6 is 0 Å². The Morgan fingerprint density at radius 2 is 1.82 bits per heavy atom. The van der Waals surface area contributed by atoms with Crippen LogP contribution in [0.4, 0.5) is 0 Å². The predicted molar refractivity (Wildman–Crippen MR) is 89.6 cm³/mol. The maximum Gasteiger partial charge on any atom is 0.309 e. The molecular weight excluding hydrogens is 272 g/mol. The van der Waals surface area contributed by atoms with Crippen LogP contribution in [0.5, 0.6) is 0 Å². The molecular formula is C20H34O2. The fourth-order valence-corrected chi connectivity index (χ4v) is 6.73. The van der Waals surface area contributed by atoms with Crippen molar-refractivity contribution in [2.45, 2.75) is 79.1 Å². The highest BCUT2D eigenvalue weighted by molar-refractivity contribution is 5.75. The van der Waals surface area contributed by atoms with Crippen LogP contribution in [0.3, 0.4) is 0 Å². The molecule has 2 nitrogen and oxygen atoms in total. The Morgan fingerprint density at radius 1 is 1.09 bits per heavy atom. The van der Waals surface area contributed by atoms with Gasteiger partial charge in [0.1, 0.15) is 0 Å². The zero-order valence-corrected chi connectivity index (χ0v) is 14.9. The fourth-order valence-electron chi connectivity index (χ4n) is 6.73. The molecule has 6 atom stereocenters. The molecule has 3 aliphatic carbocycles. The SMILES string of the molecule is CC(C)[C@@H]1CC[C@@H]2[C@H](CC[C@@H]3[C@]2(C)CCC[C@@]3(C)C(=O)O)C1. The lowest BCUT2D eigenvalue weighted by Gasteiger charge is -2.60. The minimum Gasteiger partial charge on any atom is -0.481 e. The molecule has 0 aromatic rings. The van der Waals surface area contributed by atoms with Gasteiger partial charge in [0.25, 0.3) is 0 Å². The van der Waals surface area contributed by atoms with Crippen LogP contribution in [-0.2, 0) is 4.79 Å². The van der Waals surface area contributed by atoms with Gasteiger partial charge in [0.2, 0.25) is 0 Å². The molecule has 0 aromatic carbocycles. The number of hydrogen-bond acceptors (Lipinski definition) is 1. The summed E-state index contributed by atoms with van der Waals surface area (Å²) in [5, 5.41) is 9.86. The Kier molecular flexibility index (Phi) is 4.10. The standard InChI is InChI=1S/C20H34O2/c1-13(2)14-6-8-16-15(12-14)7-9-17-19(16,3)10-5-11-20(17,4)18(21)22/h13-17H,5-12H2,1-4H3,(H,21,22)/t14-,15-,16-,17-,19-,20-/m1/s1. The lowest BCUT2D eigenvalue weighted by Crippen LogP contribution is -2.56. The summed E-state index contributed by atoms with van der Waals surface area (Å²) in [5.41, 5.74) is -0.205. The molecule has 3 fully saturated rings. The van der Waals surface area contributed by atoms with Gasteiger partial charge in [-0.15, -0.1) is 0 Å². The van der Waals surface area contributed by atoms with Crippen molar-refractivity contribution < 1.29 is 9.90 Å². The molecule has 3 saturated carbocycles. The van der Waals surface area contributed by atoms with Crippen molar-refractivity contribution >= 4 is 5.97 Å². The van der Waals surface area contributed by atoms with Crippen molar-refractivity contribution in [3.05, 3.63) is 0 Å². The average Bonchev–Trinajstić information content (AvgIpc) is 2.46. The Hall–Kier alpha value is -0.530. The highest BCUT2D eigenvalue weighted by atomic mass is 16.4. The summed E-state index contributed by atoms with van der Waals surface area (Å²) < 4.78 is 0. The molecule has 0 aromatic heterocycles. The molecule has 3 aliphatic rings. The second-order valence-corrected chi connectivity index (χ2v) is 9.40. The first kappa shape index (κ1) is 16.3. The van der Waals surface area contributed by atoms with E-state index in [1.807, 2.05) is 6.92 Å². The first-order valence-electron chi connectivity index (χ1n) is 9.52. The van der Waals surface area contributed by atoms with Gasteiger partial charge in [0.15, 0.2) is 0 Å². The third kappa shape index (κ3) is 2.32. The molecule has 0 saturated heterocycles. The van der Waals surface area contributed by atoms with E-state index in [-0.39, 0.29) is 5.41 Å². The minimum absolute atomic E-state index is 0.274. The van der Waals surface area contributed by atoms with Gasteiger partial charge in [-0.3, -0.25) is 4.79 Å². The van der Waals surface area contributed by atoms with Crippen molar-refractivity contribution in [2.24, 2.45) is 40.4 Å². The zero-order valence-electron chi connectivity index (χ0n) is 14.9. The summed E-state index contributed by atoms with van der Waals surface area (Å²) in [7, 11) is 0. The molecule has 3 rings (SSSR count). The molecule has 22 heavy (non-hydrogen) atoms. The smallest absolute Gasteiger partial charge is 0.309 e. The number of carbonyl (C=O) groups is 1. The quantitative estimate of drug-likeness (QED) is 0.745. The van der Waals surface area contributed by atoms with Crippen LogP contribution in [0.25, 0.3) is 0 Å². The minimum atomic E-state index is -0.544. The van der Waals surface area contributed by atoms with Gasteiger partial charge in [-0.05, 0) is 86.9 Å². The average molecular weight is 306 g/mol. The lowest BCUT2D eigenvalue weighted by atomic mass is 9.43. The maximum atomic E-state index is 12.0. The summed E-state index contributed by atoms with van der Waals surface area (Å²) >= 11 is 0. The number of carboxylic acids is 1. The molecule has 0 spiro atoms. The van der Waals surface area contributed by atoms with Gasteiger partial charge in [0.05, 0.1) is 5.41 Å². The van der Waals surface area contributed by atoms with Crippen LogP contribution in [0.15, 0.2) is 0 Å². The van der Waals surface area contributed by atoms with E-state index >= 15 is 0 Å². The topological polar surface area (TPSA) is 37.3 Å². The van der Waals surface area contributed by atoms with E-state index in [1.54, 1.807) is 0 Å². The van der Waals surface area contributed by atoms with Crippen LogP contribution in [-0.4, -0.2) is 11.1 Å². The largest absolute Gasteiger partial charge is 0.481 e. The zero-order chi connectivity index (χ0) is 16.1. The van der Waals surface area contributed by atoms with Gasteiger partial charge in [-0.1, -0.05) is 27.2 Å². The van der Waals surface area contributed by atoms with Gasteiger partial charge in [-0.2, -0.15) is 0 Å². The van der Waals surface area contributed by atoms with E-state index < -0.39 is 11.4 Å². The van der Waals surface area contributed by atoms with Gasteiger partial charge < -0.3 is 5.11 Å².